The molecule has 2 aromatic carbocycles. The van der Waals surface area contributed by atoms with E-state index in [0.717, 1.165) is 27.7 Å². The highest BCUT2D eigenvalue weighted by Crippen LogP contribution is 2.49. The van der Waals surface area contributed by atoms with E-state index >= 15 is 0 Å². The minimum atomic E-state index is -1.02. The molecule has 5 nitrogen and oxygen atoms in total. The molecular weight excluding hydrogens is 376 g/mol. The molecule has 5 rings (SSSR count). The van der Waals surface area contributed by atoms with Gasteiger partial charge < -0.3 is 14.6 Å². The van der Waals surface area contributed by atoms with Gasteiger partial charge in [-0.15, -0.1) is 0 Å². The van der Waals surface area contributed by atoms with Crippen molar-refractivity contribution in [1.29, 1.82) is 0 Å². The fourth-order valence-electron chi connectivity index (χ4n) is 4.22. The summed E-state index contributed by atoms with van der Waals surface area (Å²) in [5.74, 6) is -0.835. The second-order valence-electron chi connectivity index (χ2n) is 7.67. The lowest BCUT2D eigenvalue weighted by Crippen LogP contribution is -2.47. The van der Waals surface area contributed by atoms with Crippen LogP contribution >= 0.6 is 0 Å². The average molecular weight is 398 g/mol. The number of aliphatic hydroxyl groups is 1. The van der Waals surface area contributed by atoms with E-state index in [1.807, 2.05) is 67.6 Å². The van der Waals surface area contributed by atoms with Crippen LogP contribution in [0, 0.1) is 0 Å². The Bertz CT molecular complexity index is 1210. The largest absolute Gasteiger partial charge is 0.462 e. The van der Waals surface area contributed by atoms with E-state index in [-0.39, 0.29) is 0 Å². The lowest BCUT2D eigenvalue weighted by Gasteiger charge is -2.44. The normalized spacial score (nSPS) is 23.0. The molecule has 0 amide bonds. The molecule has 1 aliphatic heterocycles. The lowest BCUT2D eigenvalue weighted by molar-refractivity contribution is -0.197. The first-order valence-electron chi connectivity index (χ1n) is 9.91. The molecule has 0 saturated carbocycles. The fraction of sp³-hybridized carbons (Fsp3) is 0.200. The summed E-state index contributed by atoms with van der Waals surface area (Å²) in [6, 6.07) is 21.7. The van der Waals surface area contributed by atoms with Crippen LogP contribution in [0.3, 0.4) is 0 Å². The van der Waals surface area contributed by atoms with Gasteiger partial charge in [-0.05, 0) is 42.0 Å². The summed E-state index contributed by atoms with van der Waals surface area (Å²) in [6.07, 6.45) is 2.64. The summed E-state index contributed by atoms with van der Waals surface area (Å²) in [5.41, 5.74) is 4.28. The number of methoxy groups -OCH3 is 1. The molecule has 1 aliphatic rings. The molecule has 1 unspecified atom stereocenters. The number of nitrogens with zero attached hydrogens (tertiary/aromatic N) is 2. The second-order valence-corrected chi connectivity index (χ2v) is 7.67. The predicted molar refractivity (Wildman–Crippen MR) is 115 cm³/mol. The van der Waals surface area contributed by atoms with Gasteiger partial charge >= 0.3 is 0 Å². The number of pyridine rings is 2. The molecule has 4 aromatic rings. The highest BCUT2D eigenvalue weighted by molar-refractivity contribution is 5.81. The van der Waals surface area contributed by atoms with Crippen LogP contribution in [0.2, 0.25) is 0 Å². The third-order valence-electron chi connectivity index (χ3n) is 5.86. The van der Waals surface area contributed by atoms with Crippen molar-refractivity contribution in [3.8, 4) is 17.0 Å². The van der Waals surface area contributed by atoms with Gasteiger partial charge in [-0.2, -0.15) is 0 Å². The number of aromatic nitrogens is 2. The Morgan fingerprint density at radius 1 is 1.03 bits per heavy atom. The van der Waals surface area contributed by atoms with Crippen molar-refractivity contribution in [2.75, 3.05) is 7.11 Å². The number of hydrogen-bond acceptors (Lipinski definition) is 5. The summed E-state index contributed by atoms with van der Waals surface area (Å²) in [7, 11) is 1.59. The van der Waals surface area contributed by atoms with Crippen LogP contribution in [-0.4, -0.2) is 28.0 Å². The maximum atomic E-state index is 11.4. The molecule has 3 atom stereocenters. The number of rotatable bonds is 3. The third-order valence-corrected chi connectivity index (χ3v) is 5.86. The Hall–Kier alpha value is -3.28. The first-order valence-corrected chi connectivity index (χ1v) is 9.91. The van der Waals surface area contributed by atoms with Crippen LogP contribution in [0.25, 0.3) is 22.2 Å². The van der Waals surface area contributed by atoms with Gasteiger partial charge in [0.25, 0.3) is 0 Å². The quantitative estimate of drug-likeness (QED) is 0.533. The molecule has 1 N–H and O–H groups in total. The Morgan fingerprint density at radius 2 is 1.90 bits per heavy atom. The highest BCUT2D eigenvalue weighted by atomic mass is 16.7. The first kappa shape index (κ1) is 18.7. The van der Waals surface area contributed by atoms with Crippen LogP contribution in [0.5, 0.6) is 5.75 Å². The summed E-state index contributed by atoms with van der Waals surface area (Å²) < 4.78 is 12.0. The van der Waals surface area contributed by atoms with Gasteiger partial charge in [0, 0.05) is 42.9 Å². The van der Waals surface area contributed by atoms with E-state index in [1.165, 1.54) is 0 Å². The van der Waals surface area contributed by atoms with E-state index in [0.29, 0.717) is 11.3 Å². The molecule has 5 heteroatoms. The Morgan fingerprint density at radius 3 is 2.70 bits per heavy atom. The topological polar surface area (TPSA) is 64.5 Å². The molecule has 150 valence electrons. The second kappa shape index (κ2) is 7.20. The Labute approximate surface area is 175 Å². The van der Waals surface area contributed by atoms with E-state index in [4.69, 9.17) is 14.5 Å². The Kier molecular flexibility index (Phi) is 4.50. The average Bonchev–Trinajstić information content (AvgIpc) is 2.79. The molecule has 0 fully saturated rings. The van der Waals surface area contributed by atoms with Crippen molar-refractivity contribution in [3.63, 3.8) is 0 Å². The molecule has 0 radical (unpaired) electrons. The van der Waals surface area contributed by atoms with Crippen molar-refractivity contribution in [3.05, 3.63) is 90.3 Å². The van der Waals surface area contributed by atoms with Crippen LogP contribution in [0.4, 0.5) is 0 Å². The standard InChI is InChI=1S/C25H22N2O3/c1-25(29-2)23(18-7-5-13-26-15-18)24(28)19-14-17(10-12-22(19)30-25)21-11-9-16-6-3-4-8-20(16)27-21/h3-15,23-24,28H,1-2H3/t23-,24+,25?/m0/s1. The first-order chi connectivity index (χ1) is 14.6. The zero-order chi connectivity index (χ0) is 20.7. The molecule has 0 bridgehead atoms. The number of benzene rings is 2. The summed E-state index contributed by atoms with van der Waals surface area (Å²) in [6.45, 7) is 1.84. The zero-order valence-corrected chi connectivity index (χ0v) is 16.8. The maximum Gasteiger partial charge on any atom is 0.217 e. The van der Waals surface area contributed by atoms with Crippen LogP contribution in [0.15, 0.2) is 79.1 Å². The molecular formula is C25H22N2O3. The molecule has 0 spiro atoms. The molecule has 30 heavy (non-hydrogen) atoms. The van der Waals surface area contributed by atoms with Gasteiger partial charge in [-0.1, -0.05) is 30.3 Å². The van der Waals surface area contributed by atoms with Crippen molar-refractivity contribution in [1.82, 2.24) is 9.97 Å². The fourth-order valence-corrected chi connectivity index (χ4v) is 4.22. The number of para-hydroxylation sites is 1. The smallest absolute Gasteiger partial charge is 0.217 e. The van der Waals surface area contributed by atoms with E-state index in [9.17, 15) is 5.11 Å². The molecule has 2 aromatic heterocycles. The number of hydrogen-bond donors (Lipinski definition) is 1. The third kappa shape index (κ3) is 3.03. The zero-order valence-electron chi connectivity index (χ0n) is 16.8. The molecule has 0 saturated heterocycles. The van der Waals surface area contributed by atoms with Crippen LogP contribution < -0.4 is 4.74 Å². The van der Waals surface area contributed by atoms with Gasteiger partial charge in [0.15, 0.2) is 0 Å². The Balaban J connectivity index is 1.60. The minimum Gasteiger partial charge on any atom is -0.462 e. The predicted octanol–water partition coefficient (Wildman–Crippen LogP) is 4.87. The van der Waals surface area contributed by atoms with E-state index in [2.05, 4.69) is 11.1 Å². The summed E-state index contributed by atoms with van der Waals surface area (Å²) in [5, 5.41) is 12.5. The van der Waals surface area contributed by atoms with Gasteiger partial charge in [0.1, 0.15) is 5.75 Å². The van der Waals surface area contributed by atoms with Gasteiger partial charge in [-0.25, -0.2) is 4.98 Å². The van der Waals surface area contributed by atoms with Gasteiger partial charge in [-0.3, -0.25) is 4.98 Å². The van der Waals surface area contributed by atoms with Crippen LogP contribution in [-0.2, 0) is 4.74 Å². The van der Waals surface area contributed by atoms with E-state index in [1.54, 1.807) is 19.5 Å². The van der Waals surface area contributed by atoms with Gasteiger partial charge in [0.05, 0.1) is 23.2 Å². The van der Waals surface area contributed by atoms with Crippen molar-refractivity contribution >= 4 is 10.9 Å². The maximum absolute atomic E-state index is 11.4. The lowest BCUT2D eigenvalue weighted by atomic mass is 9.81. The molecule has 3 heterocycles. The number of ether oxygens (including phenoxy) is 2. The monoisotopic (exact) mass is 398 g/mol. The van der Waals surface area contributed by atoms with Gasteiger partial charge in [0.2, 0.25) is 5.79 Å². The highest BCUT2D eigenvalue weighted by Gasteiger charge is 2.48. The summed E-state index contributed by atoms with van der Waals surface area (Å²) >= 11 is 0. The van der Waals surface area contributed by atoms with Crippen LogP contribution in [0.1, 0.15) is 30.1 Å². The minimum absolute atomic E-state index is 0.427. The SMILES string of the molecule is COC1(C)Oc2ccc(-c3ccc4ccccc4n3)cc2[C@@H](O)[C@@H]1c1cccnc1. The molecule has 0 aliphatic carbocycles. The summed E-state index contributed by atoms with van der Waals surface area (Å²) in [4.78, 5) is 9.00. The number of aliphatic hydroxyl groups excluding tert-OH is 1. The van der Waals surface area contributed by atoms with Crippen molar-refractivity contribution in [2.45, 2.75) is 24.7 Å². The van der Waals surface area contributed by atoms with E-state index < -0.39 is 17.8 Å². The van der Waals surface area contributed by atoms with Crippen molar-refractivity contribution in [2.24, 2.45) is 0 Å². The van der Waals surface area contributed by atoms with Crippen molar-refractivity contribution < 1.29 is 14.6 Å². The number of fused-ring (bicyclic) bond motifs is 2.